The van der Waals surface area contributed by atoms with Crippen LogP contribution in [0.3, 0.4) is 0 Å². The molecule has 0 radical (unpaired) electrons. The normalized spacial score (nSPS) is 16.7. The lowest BCUT2D eigenvalue weighted by Crippen LogP contribution is -2.47. The van der Waals surface area contributed by atoms with E-state index in [2.05, 4.69) is 24.8 Å². The summed E-state index contributed by atoms with van der Waals surface area (Å²) in [6.07, 6.45) is 1.64. The van der Waals surface area contributed by atoms with Crippen LogP contribution in [0.1, 0.15) is 42.0 Å². The molecule has 156 valence electrons. The van der Waals surface area contributed by atoms with Crippen LogP contribution in [0.4, 0.5) is 0 Å². The van der Waals surface area contributed by atoms with Crippen molar-refractivity contribution in [3.05, 3.63) is 70.1 Å². The van der Waals surface area contributed by atoms with Gasteiger partial charge in [-0.3, -0.25) is 4.90 Å². The van der Waals surface area contributed by atoms with Crippen LogP contribution < -0.4 is 0 Å². The first-order valence-electron chi connectivity index (χ1n) is 10.0. The summed E-state index contributed by atoms with van der Waals surface area (Å²) < 4.78 is 26.8. The Kier molecular flexibility index (Phi) is 6.77. The van der Waals surface area contributed by atoms with Crippen molar-refractivity contribution in [3.63, 3.8) is 0 Å². The fraction of sp³-hybridized carbons (Fsp3) is 0.391. The maximum Gasteiger partial charge on any atom is 0.236 e. The van der Waals surface area contributed by atoms with E-state index in [4.69, 9.17) is 0 Å². The number of phenols is 1. The van der Waals surface area contributed by atoms with E-state index >= 15 is 0 Å². The summed E-state index contributed by atoms with van der Waals surface area (Å²) >= 11 is 0. The zero-order valence-electron chi connectivity index (χ0n) is 17.4. The third-order valence-electron chi connectivity index (χ3n) is 5.41. The highest BCUT2D eigenvalue weighted by molar-refractivity contribution is 7.92. The van der Waals surface area contributed by atoms with Gasteiger partial charge in [0.25, 0.3) is 0 Å². The molecular formula is C23H30N2O3S. The molecule has 2 aromatic carbocycles. The molecule has 1 aliphatic heterocycles. The van der Waals surface area contributed by atoms with E-state index in [0.29, 0.717) is 44.4 Å². The molecule has 1 N–H and O–H groups in total. The van der Waals surface area contributed by atoms with Gasteiger partial charge in [0, 0.05) is 43.7 Å². The van der Waals surface area contributed by atoms with Crippen LogP contribution in [-0.2, 0) is 16.6 Å². The molecule has 5 nitrogen and oxygen atoms in total. The molecule has 3 rings (SSSR count). The van der Waals surface area contributed by atoms with Gasteiger partial charge in [0.1, 0.15) is 5.75 Å². The van der Waals surface area contributed by atoms with Gasteiger partial charge >= 0.3 is 0 Å². The number of piperazine rings is 1. The quantitative estimate of drug-likeness (QED) is 0.778. The largest absolute Gasteiger partial charge is 0.508 e. The molecule has 1 saturated heterocycles. The molecule has 29 heavy (non-hydrogen) atoms. The molecule has 0 amide bonds. The zero-order valence-corrected chi connectivity index (χ0v) is 18.2. The summed E-state index contributed by atoms with van der Waals surface area (Å²) in [6, 6.07) is 13.3. The first kappa shape index (κ1) is 21.6. The van der Waals surface area contributed by atoms with Crippen LogP contribution in [0.5, 0.6) is 5.75 Å². The lowest BCUT2D eigenvalue weighted by Gasteiger charge is -2.33. The van der Waals surface area contributed by atoms with Gasteiger partial charge in [0.15, 0.2) is 0 Å². The molecule has 0 aliphatic carbocycles. The number of nitrogens with zero attached hydrogens (tertiary/aromatic N) is 2. The molecule has 0 saturated carbocycles. The van der Waals surface area contributed by atoms with E-state index in [1.165, 1.54) is 15.3 Å². The fourth-order valence-electron chi connectivity index (χ4n) is 3.70. The van der Waals surface area contributed by atoms with Crippen LogP contribution >= 0.6 is 0 Å². The molecule has 1 heterocycles. The number of hydrogen-bond acceptors (Lipinski definition) is 4. The summed E-state index contributed by atoms with van der Waals surface area (Å²) in [4.78, 5) is 2.20. The van der Waals surface area contributed by atoms with Gasteiger partial charge in [-0.15, -0.1) is 0 Å². The summed E-state index contributed by atoms with van der Waals surface area (Å²) in [5, 5.41) is 11.6. The standard InChI is InChI=1S/C23H30N2O3S/c1-18(2)22-16-21(23(26)15-19(22)3)17-24-10-12-25(13-11-24)29(27,28)14-9-20-7-5-4-6-8-20/h4-9,14-16,18,26H,10-13,17H2,1-3H3/b14-9+. The van der Waals surface area contributed by atoms with Crippen LogP contribution in [0.15, 0.2) is 47.9 Å². The Hall–Kier alpha value is -2.15. The number of sulfonamides is 1. The maximum atomic E-state index is 12.6. The second-order valence-corrected chi connectivity index (χ2v) is 9.74. The Morgan fingerprint density at radius 3 is 2.34 bits per heavy atom. The van der Waals surface area contributed by atoms with Gasteiger partial charge in [-0.05, 0) is 41.7 Å². The van der Waals surface area contributed by atoms with Gasteiger partial charge < -0.3 is 5.11 Å². The molecule has 0 spiro atoms. The van der Waals surface area contributed by atoms with E-state index in [9.17, 15) is 13.5 Å². The van der Waals surface area contributed by atoms with Crippen LogP contribution in [-0.4, -0.2) is 48.9 Å². The van der Waals surface area contributed by atoms with E-state index in [1.54, 1.807) is 6.08 Å². The van der Waals surface area contributed by atoms with Crippen molar-refractivity contribution in [1.82, 2.24) is 9.21 Å². The first-order chi connectivity index (χ1) is 13.8. The Balaban J connectivity index is 1.62. The average molecular weight is 415 g/mol. The summed E-state index contributed by atoms with van der Waals surface area (Å²) in [6.45, 7) is 9.12. The molecule has 6 heteroatoms. The minimum absolute atomic E-state index is 0.313. The zero-order chi connectivity index (χ0) is 21.0. The summed E-state index contributed by atoms with van der Waals surface area (Å²) in [7, 11) is -3.43. The Bertz CT molecular complexity index is 961. The van der Waals surface area contributed by atoms with Crippen molar-refractivity contribution in [2.75, 3.05) is 26.2 Å². The monoisotopic (exact) mass is 414 g/mol. The highest BCUT2D eigenvalue weighted by Crippen LogP contribution is 2.28. The van der Waals surface area contributed by atoms with Gasteiger partial charge in [-0.2, -0.15) is 4.31 Å². The van der Waals surface area contributed by atoms with E-state index in [0.717, 1.165) is 16.7 Å². The third-order valence-corrected chi connectivity index (χ3v) is 6.97. The minimum atomic E-state index is -3.43. The smallest absolute Gasteiger partial charge is 0.236 e. The number of rotatable bonds is 6. The molecule has 1 aliphatic rings. The highest BCUT2D eigenvalue weighted by Gasteiger charge is 2.25. The topological polar surface area (TPSA) is 60.9 Å². The SMILES string of the molecule is Cc1cc(O)c(CN2CCN(S(=O)(=O)/C=C/c3ccccc3)CC2)cc1C(C)C. The fourth-order valence-corrected chi connectivity index (χ4v) is 4.88. The van der Waals surface area contributed by atoms with Crippen LogP contribution in [0, 0.1) is 6.92 Å². The van der Waals surface area contributed by atoms with Crippen molar-refractivity contribution >= 4 is 16.1 Å². The predicted octanol–water partition coefficient (Wildman–Crippen LogP) is 3.94. The summed E-state index contributed by atoms with van der Waals surface area (Å²) in [5.41, 5.74) is 4.11. The van der Waals surface area contributed by atoms with Crippen molar-refractivity contribution < 1.29 is 13.5 Å². The van der Waals surface area contributed by atoms with Crippen LogP contribution in [0.25, 0.3) is 6.08 Å². The van der Waals surface area contributed by atoms with E-state index in [1.807, 2.05) is 43.3 Å². The molecule has 2 aromatic rings. The molecule has 0 unspecified atom stereocenters. The van der Waals surface area contributed by atoms with E-state index < -0.39 is 10.0 Å². The second-order valence-electron chi connectivity index (χ2n) is 7.93. The second kappa shape index (κ2) is 9.11. The lowest BCUT2D eigenvalue weighted by atomic mass is 9.95. The number of aromatic hydroxyl groups is 1. The van der Waals surface area contributed by atoms with E-state index in [-0.39, 0.29) is 0 Å². The van der Waals surface area contributed by atoms with Crippen molar-refractivity contribution in [3.8, 4) is 5.75 Å². The predicted molar refractivity (Wildman–Crippen MR) is 118 cm³/mol. The van der Waals surface area contributed by atoms with Crippen molar-refractivity contribution in [2.45, 2.75) is 33.2 Å². The molecular weight excluding hydrogens is 384 g/mol. The Morgan fingerprint density at radius 1 is 1.07 bits per heavy atom. The van der Waals surface area contributed by atoms with Crippen LogP contribution in [0.2, 0.25) is 0 Å². The first-order valence-corrected chi connectivity index (χ1v) is 11.5. The molecule has 0 bridgehead atoms. The van der Waals surface area contributed by atoms with Gasteiger partial charge in [-0.1, -0.05) is 50.2 Å². The summed E-state index contributed by atoms with van der Waals surface area (Å²) in [5.74, 6) is 0.709. The Labute approximate surface area is 174 Å². The lowest BCUT2D eigenvalue weighted by molar-refractivity contribution is 0.181. The molecule has 1 fully saturated rings. The Morgan fingerprint density at radius 2 is 1.72 bits per heavy atom. The van der Waals surface area contributed by atoms with Crippen molar-refractivity contribution in [2.24, 2.45) is 0 Å². The number of aryl methyl sites for hydroxylation is 1. The highest BCUT2D eigenvalue weighted by atomic mass is 32.2. The van der Waals surface area contributed by atoms with Gasteiger partial charge in [0.2, 0.25) is 10.0 Å². The molecule has 0 atom stereocenters. The minimum Gasteiger partial charge on any atom is -0.508 e. The van der Waals surface area contributed by atoms with Crippen molar-refractivity contribution in [1.29, 1.82) is 0 Å². The number of benzene rings is 2. The van der Waals surface area contributed by atoms with Gasteiger partial charge in [-0.25, -0.2) is 8.42 Å². The average Bonchev–Trinajstić information content (AvgIpc) is 2.69. The van der Waals surface area contributed by atoms with Gasteiger partial charge in [0.05, 0.1) is 0 Å². The number of hydrogen-bond donors (Lipinski definition) is 1. The maximum absolute atomic E-state index is 12.6. The molecule has 0 aromatic heterocycles. The number of phenolic OH excluding ortho intramolecular Hbond substituents is 1. The third kappa shape index (κ3) is 5.47.